The molecule has 0 saturated carbocycles. The van der Waals surface area contributed by atoms with Crippen LogP contribution >= 0.6 is 21.6 Å². The van der Waals surface area contributed by atoms with Gasteiger partial charge < -0.3 is 139 Å². The maximum atomic E-state index is 15.2. The van der Waals surface area contributed by atoms with Gasteiger partial charge in [0.1, 0.15) is 84.3 Å². The van der Waals surface area contributed by atoms with Gasteiger partial charge in [0.15, 0.2) is 17.9 Å². The molecule has 1 saturated heterocycles. The molecule has 2 aromatic rings. The minimum atomic E-state index is -2.04. The number of guanidine groups is 3. The number of aliphatic hydroxyl groups excluding tert-OH is 2. The van der Waals surface area contributed by atoms with Crippen LogP contribution in [-0.4, -0.2) is 274 Å². The lowest BCUT2D eigenvalue weighted by atomic mass is 9.96. The van der Waals surface area contributed by atoms with E-state index < -0.39 is 247 Å². The van der Waals surface area contributed by atoms with Crippen LogP contribution in [0.4, 0.5) is 0 Å². The Morgan fingerprint density at radius 2 is 1.03 bits per heavy atom. The molecule has 2 aromatic carbocycles. The summed E-state index contributed by atoms with van der Waals surface area (Å²) in [4.78, 5) is 225. The quantitative estimate of drug-likeness (QED) is 0.0137. The second-order valence-electron chi connectivity index (χ2n) is 27.6. The molecule has 14 amide bonds. The van der Waals surface area contributed by atoms with E-state index in [9.17, 15) is 92.7 Å². The predicted octanol–water partition coefficient (Wildman–Crippen LogP) is -8.60. The van der Waals surface area contributed by atoms with E-state index in [1.807, 2.05) is 0 Å². The molecule has 1 fully saturated rings. The number of phenols is 1. The van der Waals surface area contributed by atoms with Crippen LogP contribution in [0.15, 0.2) is 54.6 Å². The number of nitrogens with one attached hydrogen (secondary N) is 20. The first kappa shape index (κ1) is 100. The van der Waals surface area contributed by atoms with Crippen molar-refractivity contribution in [1.82, 2.24) is 90.4 Å². The molecule has 0 radical (unpaired) electrons. The van der Waals surface area contributed by atoms with Gasteiger partial charge in [0, 0.05) is 44.0 Å². The number of aliphatic hydroxyl groups is 2. The Balaban J connectivity index is 2.39. The highest BCUT2D eigenvalue weighted by atomic mass is 33.1. The monoisotopic (exact) mass is 1700 g/mol. The molecule has 47 heteroatoms. The SMILES string of the molecule is CC[C@H](C)C1NC(=O)[C@H](CCCNC(=N)N)NC(=O)CNC(=O)CNC(=O)[C@H](Cc2ccc(O)cc2)NC(=O)[C@@H](C)NC(=O)[C@@H](NC(=O)[C@H](CO)NC(=O)[C@@H](N)CO)CSSCC(C(=O)N[C@@H](Cc2ccccc2)C(=O)N[C@@H](CCCNC(=N)N)C(=O)O)NC(=O)[C@H]([C@@H](C)CC)NC(=O)C(CCCNC(=N)N)NC(=O)[C@H](CC(=O)O)NC1=O. The standard InChI is InChI=1S/C71H112N24O21S2/c1-6-35(3)54-66(113)90-47(28-53(101)102)62(109)86-43(17-12-24-80-70(75)76)60(107)95-55(36(4)7-2)67(114)93-50(65(112)89-46(26-38-14-9-8-10-15-38)61(108)87-44(68(115)116)18-13-25-81-71(77)78)34-118-117-33-49(92-63(110)48(32-97)91-57(104)41(72)31-96)64(111)84-37(5)56(103)88-45(27-39-19-21-40(98)22-20-39)58(105)83-29-51(99)82-30-52(100)85-42(59(106)94-54)16-11-23-79-69(73)74/h8-10,14-15,19-22,35-37,41-50,54-55,96-98H,6-7,11-13,16-18,23-34,72H2,1-5H3,(H,82,99)(H,83,105)(H,84,111)(H,85,100)(H,86,109)(H,87,108)(H,88,103)(H,89,112)(H,90,113)(H,91,104)(H,92,110)(H,93,114)(H,94,106)(H,95,107)(H,101,102)(H,115,116)(H4,73,74,79)(H4,75,76,80)(H4,77,78,81)/t35-,36-,37+,41-,42-,43?,44-,45-,46-,47-,48-,49-,50?,54?,55-/m0/s1. The smallest absolute Gasteiger partial charge is 0.326 e. The van der Waals surface area contributed by atoms with Crippen molar-refractivity contribution in [2.75, 3.05) is 57.4 Å². The number of amides is 14. The van der Waals surface area contributed by atoms with E-state index in [4.69, 9.17) is 39.2 Å². The molecule has 3 rings (SSSR count). The Morgan fingerprint density at radius 1 is 0.525 bits per heavy atom. The van der Waals surface area contributed by atoms with E-state index in [1.54, 1.807) is 44.2 Å². The van der Waals surface area contributed by atoms with Crippen molar-refractivity contribution in [2.24, 2.45) is 34.8 Å². The third-order valence-electron chi connectivity index (χ3n) is 18.2. The number of hydrogen-bond donors (Lipinski definition) is 29. The molecule has 654 valence electrons. The summed E-state index contributed by atoms with van der Waals surface area (Å²) in [5.74, 6) is -23.0. The summed E-state index contributed by atoms with van der Waals surface area (Å²) in [7, 11) is 1.44. The van der Waals surface area contributed by atoms with Crippen molar-refractivity contribution in [2.45, 2.75) is 184 Å². The summed E-state index contributed by atoms with van der Waals surface area (Å²) in [6.45, 7) is 3.60. The fourth-order valence-electron chi connectivity index (χ4n) is 11.0. The van der Waals surface area contributed by atoms with E-state index in [1.165, 1.54) is 38.1 Å². The summed E-state index contributed by atoms with van der Waals surface area (Å²) in [6.07, 6.45) is -2.32. The highest BCUT2D eigenvalue weighted by Gasteiger charge is 2.39. The van der Waals surface area contributed by atoms with Crippen LogP contribution in [-0.2, 0) is 89.6 Å². The molecule has 15 atom stereocenters. The highest BCUT2D eigenvalue weighted by molar-refractivity contribution is 8.76. The summed E-state index contributed by atoms with van der Waals surface area (Å²) in [6, 6.07) is -8.76. The second kappa shape index (κ2) is 52.7. The lowest BCUT2D eigenvalue weighted by Crippen LogP contribution is -2.62. The third-order valence-corrected chi connectivity index (χ3v) is 20.6. The molecule has 0 bridgehead atoms. The number of carboxylic acid groups (broad SMARTS) is 2. The van der Waals surface area contributed by atoms with E-state index in [0.717, 1.165) is 17.7 Å². The van der Waals surface area contributed by atoms with Gasteiger partial charge in [0.2, 0.25) is 82.7 Å². The minimum Gasteiger partial charge on any atom is -0.508 e. The lowest BCUT2D eigenvalue weighted by molar-refractivity contribution is -0.142. The van der Waals surface area contributed by atoms with Gasteiger partial charge in [-0.1, -0.05) is 105 Å². The van der Waals surface area contributed by atoms with Crippen molar-refractivity contribution in [3.05, 3.63) is 65.7 Å². The Labute approximate surface area is 687 Å². The van der Waals surface area contributed by atoms with Crippen LogP contribution in [0.3, 0.4) is 0 Å². The van der Waals surface area contributed by atoms with Crippen LogP contribution in [0, 0.1) is 28.1 Å². The number of aromatic hydroxyl groups is 1. The Hall–Kier alpha value is -11.8. The van der Waals surface area contributed by atoms with Gasteiger partial charge in [0.05, 0.1) is 32.7 Å². The van der Waals surface area contributed by atoms with Gasteiger partial charge in [-0.25, -0.2) is 4.79 Å². The molecule has 33 N–H and O–H groups in total. The predicted molar refractivity (Wildman–Crippen MR) is 430 cm³/mol. The van der Waals surface area contributed by atoms with Crippen LogP contribution < -0.4 is 113 Å². The van der Waals surface area contributed by atoms with Crippen LogP contribution in [0.5, 0.6) is 5.75 Å². The van der Waals surface area contributed by atoms with E-state index >= 15 is 9.59 Å². The van der Waals surface area contributed by atoms with Gasteiger partial charge >= 0.3 is 11.9 Å². The van der Waals surface area contributed by atoms with E-state index in [2.05, 4.69) is 90.4 Å². The molecule has 45 nitrogen and oxygen atoms in total. The van der Waals surface area contributed by atoms with Crippen molar-refractivity contribution < 1.29 is 102 Å². The molecule has 1 aliphatic rings. The number of carbonyl (C=O) groups excluding carboxylic acids is 14. The number of phenolic OH excluding ortho intramolecular Hbond substituents is 1. The number of rotatable bonds is 33. The van der Waals surface area contributed by atoms with Gasteiger partial charge in [-0.2, -0.15) is 0 Å². The fourth-order valence-corrected chi connectivity index (χ4v) is 13.4. The first-order valence-corrected chi connectivity index (χ1v) is 40.2. The molecule has 118 heavy (non-hydrogen) atoms. The van der Waals surface area contributed by atoms with E-state index in [-0.39, 0.29) is 89.6 Å². The molecule has 0 spiro atoms. The number of benzene rings is 2. The Kier molecular flexibility index (Phi) is 44.8. The topological polar surface area (TPSA) is 754 Å². The van der Waals surface area contributed by atoms with Crippen molar-refractivity contribution in [1.29, 1.82) is 16.2 Å². The molecular formula is C71H112N24O21S2. The average molecular weight is 1700 g/mol. The summed E-state index contributed by atoms with van der Waals surface area (Å²) < 4.78 is 0. The maximum Gasteiger partial charge on any atom is 0.326 e. The minimum absolute atomic E-state index is 0.0191. The summed E-state index contributed by atoms with van der Waals surface area (Å²) in [5.41, 5.74) is 22.8. The van der Waals surface area contributed by atoms with Gasteiger partial charge in [-0.15, -0.1) is 0 Å². The number of carboxylic acids is 2. The summed E-state index contributed by atoms with van der Waals surface area (Å²) >= 11 is 0. The first-order valence-electron chi connectivity index (χ1n) is 37.7. The molecule has 3 unspecified atom stereocenters. The second-order valence-corrected chi connectivity index (χ2v) is 30.1. The van der Waals surface area contributed by atoms with Crippen molar-refractivity contribution in [3.63, 3.8) is 0 Å². The van der Waals surface area contributed by atoms with Crippen LogP contribution in [0.2, 0.25) is 0 Å². The first-order chi connectivity index (χ1) is 55.8. The van der Waals surface area contributed by atoms with Crippen LogP contribution in [0.25, 0.3) is 0 Å². The number of carbonyl (C=O) groups is 16. The summed E-state index contributed by atoms with van der Waals surface area (Å²) in [5, 5.41) is 115. The molecule has 1 heterocycles. The zero-order valence-corrected chi connectivity index (χ0v) is 67.5. The third kappa shape index (κ3) is 37.4. The fraction of sp³-hybridized carbons (Fsp3) is 0.563. The van der Waals surface area contributed by atoms with Crippen molar-refractivity contribution in [3.8, 4) is 5.75 Å². The molecule has 0 aromatic heterocycles. The molecular weight excluding hydrogens is 1590 g/mol. The lowest BCUT2D eigenvalue weighted by Gasteiger charge is -2.30. The Morgan fingerprint density at radius 3 is 1.57 bits per heavy atom. The van der Waals surface area contributed by atoms with Crippen molar-refractivity contribution >= 4 is 134 Å². The van der Waals surface area contributed by atoms with Crippen LogP contribution in [0.1, 0.15) is 104 Å². The highest BCUT2D eigenvalue weighted by Crippen LogP contribution is 2.25. The van der Waals surface area contributed by atoms with Gasteiger partial charge in [0.25, 0.3) is 0 Å². The number of nitrogens with two attached hydrogens (primary N) is 4. The maximum absolute atomic E-state index is 15.2. The molecule has 1 aliphatic heterocycles. The van der Waals surface area contributed by atoms with E-state index in [0.29, 0.717) is 21.9 Å². The van der Waals surface area contributed by atoms with Gasteiger partial charge in [-0.3, -0.25) is 88.1 Å². The zero-order chi connectivity index (χ0) is 88.3. The normalized spacial score (nSPS) is 21.8. The average Bonchev–Trinajstić information content (AvgIpc) is 0.847. The van der Waals surface area contributed by atoms with Gasteiger partial charge in [-0.05, 0) is 80.5 Å². The Bertz CT molecular complexity index is 3800. The zero-order valence-electron chi connectivity index (χ0n) is 65.9. The number of aliphatic carboxylic acids is 2. The molecule has 0 aliphatic carbocycles. The number of hydrogen-bond acceptors (Lipinski definition) is 25. The largest absolute Gasteiger partial charge is 0.508 e.